The van der Waals surface area contributed by atoms with Crippen molar-refractivity contribution in [2.24, 2.45) is 0 Å². The minimum atomic E-state index is -3.14. The molecule has 14 rings (SSSR count). The van der Waals surface area contributed by atoms with Crippen molar-refractivity contribution in [3.05, 3.63) is 260 Å². The molecule has 0 amide bonds. The third-order valence-electron chi connectivity index (χ3n) is 14.7. The third kappa shape index (κ3) is 6.07. The highest BCUT2D eigenvalue weighted by Gasteiger charge is 2.42. The fourth-order valence-electron chi connectivity index (χ4n) is 11.7. The first kappa shape index (κ1) is 41.4. The molecule has 14 aromatic rings. The van der Waals surface area contributed by atoms with E-state index in [1.165, 1.54) is 15.6 Å². The topological polar surface area (TPSA) is 64.4 Å². The van der Waals surface area contributed by atoms with Crippen molar-refractivity contribution in [1.82, 2.24) is 23.7 Å². The molecule has 0 N–H and O–H groups in total. The molecule has 0 aliphatic heterocycles. The molecular formula is C65H42N6Si. The molecule has 0 radical (unpaired) electrons. The van der Waals surface area contributed by atoms with Crippen molar-refractivity contribution in [3.8, 4) is 34.6 Å². The fraction of sp³-hybridized carbons (Fsp3) is 0. The summed E-state index contributed by atoms with van der Waals surface area (Å²) in [5.74, 6) is 1.28. The Bertz CT molecular complexity index is 4080. The Hall–Kier alpha value is -9.61. The second kappa shape index (κ2) is 16.5. The molecule has 72 heavy (non-hydrogen) atoms. The molecule has 0 fully saturated rings. The Morgan fingerprint density at radius 1 is 0.347 bits per heavy atom. The van der Waals surface area contributed by atoms with Crippen LogP contribution in [-0.4, -0.2) is 31.7 Å². The van der Waals surface area contributed by atoms with Crippen LogP contribution < -0.4 is 20.7 Å². The Morgan fingerprint density at radius 3 is 1.06 bits per heavy atom. The Morgan fingerprint density at radius 2 is 0.681 bits per heavy atom. The van der Waals surface area contributed by atoms with Crippen LogP contribution in [0.1, 0.15) is 5.56 Å². The van der Waals surface area contributed by atoms with Crippen molar-refractivity contribution in [1.29, 1.82) is 5.26 Å². The van der Waals surface area contributed by atoms with Crippen molar-refractivity contribution in [3.63, 3.8) is 0 Å². The van der Waals surface area contributed by atoms with Gasteiger partial charge in [-0.2, -0.15) is 5.26 Å². The smallest absolute Gasteiger partial charge is 0.181 e. The monoisotopic (exact) mass is 934 g/mol. The molecular weight excluding hydrogens is 893 g/mol. The van der Waals surface area contributed by atoms with Gasteiger partial charge in [0.1, 0.15) is 17.5 Å². The van der Waals surface area contributed by atoms with Crippen molar-refractivity contribution >= 4 is 94.2 Å². The van der Waals surface area contributed by atoms with Gasteiger partial charge in [-0.05, 0) is 69.3 Å². The summed E-state index contributed by atoms with van der Waals surface area (Å²) < 4.78 is 6.76. The zero-order valence-corrected chi connectivity index (χ0v) is 39.9. The van der Waals surface area contributed by atoms with Gasteiger partial charge in [-0.25, -0.2) is 9.97 Å². The zero-order valence-electron chi connectivity index (χ0n) is 38.9. The minimum absolute atomic E-state index is 0.459. The van der Waals surface area contributed by atoms with Crippen LogP contribution in [0, 0.1) is 11.3 Å². The SMILES string of the molecule is N#Cc1c(-n2c3ccccc3c3ccccc32)cc(-c2cc([Si](c3ccccc3)(c3ccccc3)c3ccccc3)cnc2-n2c3ccccc3c3ccccc32)nc1-n1c2ccccc2c2ccccc21. The molecule has 0 unspecified atom stereocenters. The lowest BCUT2D eigenvalue weighted by Gasteiger charge is -2.34. The summed E-state index contributed by atoms with van der Waals surface area (Å²) in [6.45, 7) is 0. The van der Waals surface area contributed by atoms with Crippen LogP contribution in [0.25, 0.3) is 94.0 Å². The van der Waals surface area contributed by atoms with Crippen LogP contribution >= 0.6 is 0 Å². The summed E-state index contributed by atoms with van der Waals surface area (Å²) in [6, 6.07) is 91.2. The van der Waals surface area contributed by atoms with E-state index >= 15 is 0 Å². The van der Waals surface area contributed by atoms with Gasteiger partial charge in [0.05, 0.1) is 44.5 Å². The maximum Gasteiger partial charge on any atom is 0.181 e. The number of nitriles is 1. The van der Waals surface area contributed by atoms with E-state index in [1.54, 1.807) is 0 Å². The molecule has 9 aromatic carbocycles. The largest absolute Gasteiger partial charge is 0.308 e. The van der Waals surface area contributed by atoms with E-state index in [9.17, 15) is 5.26 Å². The van der Waals surface area contributed by atoms with E-state index in [0.717, 1.165) is 87.7 Å². The molecule has 7 heteroatoms. The van der Waals surface area contributed by atoms with Crippen LogP contribution in [0.3, 0.4) is 0 Å². The molecule has 0 atom stereocenters. The van der Waals surface area contributed by atoms with Gasteiger partial charge in [0.2, 0.25) is 0 Å². The number of para-hydroxylation sites is 6. The number of hydrogen-bond acceptors (Lipinski definition) is 3. The van der Waals surface area contributed by atoms with Gasteiger partial charge in [-0.3, -0.25) is 9.13 Å². The highest BCUT2D eigenvalue weighted by Crippen LogP contribution is 2.41. The lowest BCUT2D eigenvalue weighted by atomic mass is 10.1. The quantitative estimate of drug-likeness (QED) is 0.113. The van der Waals surface area contributed by atoms with Crippen LogP contribution in [0.4, 0.5) is 0 Å². The normalized spacial score (nSPS) is 11.9. The number of benzene rings is 9. The lowest BCUT2D eigenvalue weighted by Crippen LogP contribution is -2.74. The predicted octanol–water partition coefficient (Wildman–Crippen LogP) is 12.7. The predicted molar refractivity (Wildman–Crippen MR) is 299 cm³/mol. The van der Waals surface area contributed by atoms with E-state index in [0.29, 0.717) is 17.1 Å². The molecule has 0 saturated heterocycles. The summed E-state index contributed by atoms with van der Waals surface area (Å²) in [6.07, 6.45) is 2.13. The Labute approximate surface area is 416 Å². The second-order valence-corrected chi connectivity index (χ2v) is 22.2. The summed E-state index contributed by atoms with van der Waals surface area (Å²) in [4.78, 5) is 11.6. The summed E-state index contributed by atoms with van der Waals surface area (Å²) in [5.41, 5.74) is 8.72. The zero-order chi connectivity index (χ0) is 47.8. The number of rotatable bonds is 8. The Balaban J connectivity index is 1.19. The van der Waals surface area contributed by atoms with Gasteiger partial charge in [0, 0.05) is 44.1 Å². The summed E-state index contributed by atoms with van der Waals surface area (Å²) in [7, 11) is -3.14. The van der Waals surface area contributed by atoms with Crippen LogP contribution in [0.15, 0.2) is 255 Å². The van der Waals surface area contributed by atoms with Gasteiger partial charge >= 0.3 is 0 Å². The van der Waals surface area contributed by atoms with Crippen molar-refractivity contribution < 1.29 is 0 Å². The minimum Gasteiger partial charge on any atom is -0.308 e. The highest BCUT2D eigenvalue weighted by atomic mass is 28.3. The van der Waals surface area contributed by atoms with Gasteiger partial charge < -0.3 is 4.57 Å². The number of pyridine rings is 2. The molecule has 0 saturated carbocycles. The summed E-state index contributed by atoms with van der Waals surface area (Å²) >= 11 is 0. The molecule has 5 heterocycles. The van der Waals surface area contributed by atoms with Crippen LogP contribution in [0.2, 0.25) is 0 Å². The van der Waals surface area contributed by atoms with E-state index < -0.39 is 8.07 Å². The van der Waals surface area contributed by atoms with Gasteiger partial charge in [-0.1, -0.05) is 200 Å². The number of aromatic nitrogens is 5. The molecule has 5 aromatic heterocycles. The fourth-order valence-corrected chi connectivity index (χ4v) is 16.4. The molecule has 0 aliphatic rings. The number of fused-ring (bicyclic) bond motifs is 9. The molecule has 0 bridgehead atoms. The van der Waals surface area contributed by atoms with E-state index in [-0.39, 0.29) is 0 Å². The third-order valence-corrected chi connectivity index (χ3v) is 19.4. The second-order valence-electron chi connectivity index (χ2n) is 18.4. The number of hydrogen-bond donors (Lipinski definition) is 0. The van der Waals surface area contributed by atoms with Crippen molar-refractivity contribution in [2.75, 3.05) is 0 Å². The maximum absolute atomic E-state index is 11.8. The first-order valence-electron chi connectivity index (χ1n) is 24.3. The van der Waals surface area contributed by atoms with Gasteiger partial charge in [0.25, 0.3) is 0 Å². The summed E-state index contributed by atoms with van der Waals surface area (Å²) in [5, 5.41) is 23.3. The standard InChI is InChI=1S/C65H42N6Si/c66-42-55-63(69-57-34-16-10-28-48(57)49-29-11-17-35-58(49)69)41-56(68-65(55)71-61-38-20-14-32-52(61)53-33-15-21-39-62(53)71)54-40-47(43-67-64(54)70-59-36-18-12-30-50(59)51-31-13-19-37-60(51)70)72(44-22-4-1-5-23-44,45-24-6-2-7-25-45)46-26-8-3-9-27-46/h1-41,43H. The first-order valence-corrected chi connectivity index (χ1v) is 26.3. The average molecular weight is 935 g/mol. The maximum atomic E-state index is 11.8. The average Bonchev–Trinajstić information content (AvgIpc) is 4.10. The van der Waals surface area contributed by atoms with Crippen LogP contribution in [-0.2, 0) is 0 Å². The first-order chi connectivity index (χ1) is 35.7. The number of nitrogens with zero attached hydrogens (tertiary/aromatic N) is 6. The van der Waals surface area contributed by atoms with Crippen molar-refractivity contribution in [2.45, 2.75) is 0 Å². The molecule has 0 spiro atoms. The van der Waals surface area contributed by atoms with E-state index in [4.69, 9.17) is 9.97 Å². The Kier molecular flexibility index (Phi) is 9.49. The lowest BCUT2D eigenvalue weighted by molar-refractivity contribution is 1.04. The molecule has 336 valence electrons. The van der Waals surface area contributed by atoms with E-state index in [2.05, 4.69) is 275 Å². The van der Waals surface area contributed by atoms with E-state index in [1.807, 2.05) is 0 Å². The highest BCUT2D eigenvalue weighted by molar-refractivity contribution is 7.19. The molecule has 6 nitrogen and oxygen atoms in total. The molecule has 0 aliphatic carbocycles. The van der Waals surface area contributed by atoms with Crippen LogP contribution in [0.5, 0.6) is 0 Å². The van der Waals surface area contributed by atoms with Gasteiger partial charge in [-0.15, -0.1) is 0 Å². The van der Waals surface area contributed by atoms with Gasteiger partial charge in [0.15, 0.2) is 13.9 Å².